The highest BCUT2D eigenvalue weighted by Crippen LogP contribution is 2.24. The van der Waals surface area contributed by atoms with Crippen molar-refractivity contribution in [2.24, 2.45) is 0 Å². The summed E-state index contributed by atoms with van der Waals surface area (Å²) < 4.78 is 6.83. The van der Waals surface area contributed by atoms with Gasteiger partial charge in [0.1, 0.15) is 0 Å². The van der Waals surface area contributed by atoms with Gasteiger partial charge in [-0.1, -0.05) is 30.0 Å². The molecule has 0 saturated carbocycles. The van der Waals surface area contributed by atoms with E-state index >= 15 is 0 Å². The summed E-state index contributed by atoms with van der Waals surface area (Å²) in [5.74, 6) is 0.658. The van der Waals surface area contributed by atoms with Gasteiger partial charge >= 0.3 is 0 Å². The van der Waals surface area contributed by atoms with Crippen LogP contribution in [0.2, 0.25) is 0 Å². The number of hydrogen-bond donors (Lipinski definition) is 1. The molecule has 0 bridgehead atoms. The zero-order valence-electron chi connectivity index (χ0n) is 15.6. The van der Waals surface area contributed by atoms with Crippen molar-refractivity contribution in [3.05, 3.63) is 59.4 Å². The quantitative estimate of drug-likeness (QED) is 0.388. The minimum Gasteiger partial charge on any atom is -0.416 e. The van der Waals surface area contributed by atoms with Crippen LogP contribution in [-0.2, 0) is 17.6 Å². The molecule has 0 atom stereocenters. The van der Waals surface area contributed by atoms with Crippen LogP contribution in [0.1, 0.15) is 10.9 Å². The number of anilines is 1. The average Bonchev–Trinajstić information content (AvgIpc) is 3.37. The summed E-state index contributed by atoms with van der Waals surface area (Å²) in [7, 11) is 0. The van der Waals surface area contributed by atoms with E-state index in [2.05, 4.69) is 26.6 Å². The molecule has 0 aliphatic carbocycles. The Bertz CT molecular complexity index is 1090. The number of aromatic nitrogens is 3. The van der Waals surface area contributed by atoms with E-state index < -0.39 is 0 Å². The van der Waals surface area contributed by atoms with Gasteiger partial charge in [0.05, 0.1) is 21.0 Å². The van der Waals surface area contributed by atoms with Crippen LogP contribution in [0.25, 0.3) is 10.2 Å². The number of nitrogens with zero attached hydrogens (tertiary/aromatic N) is 3. The van der Waals surface area contributed by atoms with Gasteiger partial charge in [0.25, 0.3) is 5.22 Å². The second kappa shape index (κ2) is 9.43. The van der Waals surface area contributed by atoms with Crippen molar-refractivity contribution in [3.8, 4) is 0 Å². The van der Waals surface area contributed by atoms with Gasteiger partial charge in [-0.05, 0) is 36.6 Å². The third kappa shape index (κ3) is 5.37. The molecule has 0 unspecified atom stereocenters. The van der Waals surface area contributed by atoms with Crippen molar-refractivity contribution < 1.29 is 9.21 Å². The maximum absolute atomic E-state index is 12.2. The lowest BCUT2D eigenvalue weighted by molar-refractivity contribution is -0.113. The maximum Gasteiger partial charge on any atom is 0.277 e. The minimum absolute atomic E-state index is 0.109. The summed E-state index contributed by atoms with van der Waals surface area (Å²) in [5.41, 5.74) is 1.80. The topological polar surface area (TPSA) is 80.9 Å². The van der Waals surface area contributed by atoms with E-state index in [0.29, 0.717) is 17.5 Å². The Morgan fingerprint density at radius 1 is 1.14 bits per heavy atom. The van der Waals surface area contributed by atoms with E-state index in [-0.39, 0.29) is 11.7 Å². The summed E-state index contributed by atoms with van der Waals surface area (Å²) in [4.78, 5) is 17.9. The van der Waals surface area contributed by atoms with Gasteiger partial charge in [-0.25, -0.2) is 4.98 Å². The highest BCUT2D eigenvalue weighted by Gasteiger charge is 2.11. The van der Waals surface area contributed by atoms with Gasteiger partial charge in [0, 0.05) is 23.4 Å². The fourth-order valence-electron chi connectivity index (χ4n) is 2.66. The van der Waals surface area contributed by atoms with Crippen LogP contribution in [0.15, 0.2) is 63.1 Å². The monoisotopic (exact) mass is 442 g/mol. The van der Waals surface area contributed by atoms with E-state index in [0.717, 1.165) is 27.5 Å². The summed E-state index contributed by atoms with van der Waals surface area (Å²) in [5, 5.41) is 12.4. The van der Waals surface area contributed by atoms with Crippen molar-refractivity contribution in [1.82, 2.24) is 15.2 Å². The van der Waals surface area contributed by atoms with Crippen LogP contribution < -0.4 is 5.32 Å². The van der Waals surface area contributed by atoms with Crippen molar-refractivity contribution in [2.75, 3.05) is 17.3 Å². The predicted octanol–water partition coefficient (Wildman–Crippen LogP) is 4.92. The second-order valence-corrected chi connectivity index (χ2v) is 9.03. The Hall–Kier alpha value is -2.36. The first-order valence-electron chi connectivity index (χ1n) is 8.93. The molecule has 0 spiro atoms. The third-order valence-electron chi connectivity index (χ3n) is 4.02. The van der Waals surface area contributed by atoms with Crippen LogP contribution in [0.5, 0.6) is 0 Å². The molecule has 0 saturated heterocycles. The number of benzene rings is 2. The number of carbonyl (C=O) groups excluding carboxylic acids is 1. The largest absolute Gasteiger partial charge is 0.416 e. The Morgan fingerprint density at radius 2 is 2.03 bits per heavy atom. The lowest BCUT2D eigenvalue weighted by Gasteiger charge is -2.05. The standard InChI is InChI=1S/C20H18N4O2S3/c1-27-14-6-4-5-13(11-14)21-17(25)12-28-20-24-23-18(26-20)9-10-19-22-15-7-2-3-8-16(15)29-19/h2-8,11H,9-10,12H2,1H3,(H,21,25). The summed E-state index contributed by atoms with van der Waals surface area (Å²) in [6, 6.07) is 15.8. The van der Waals surface area contributed by atoms with E-state index in [1.54, 1.807) is 23.1 Å². The molecule has 4 aromatic rings. The van der Waals surface area contributed by atoms with E-state index in [9.17, 15) is 4.79 Å². The molecule has 1 amide bonds. The lowest BCUT2D eigenvalue weighted by Crippen LogP contribution is -2.13. The van der Waals surface area contributed by atoms with Gasteiger partial charge in [-0.2, -0.15) is 0 Å². The predicted molar refractivity (Wildman–Crippen MR) is 119 cm³/mol. The Morgan fingerprint density at radius 3 is 2.90 bits per heavy atom. The van der Waals surface area contributed by atoms with E-state index in [4.69, 9.17) is 4.42 Å². The molecule has 0 radical (unpaired) electrons. The number of nitrogens with one attached hydrogen (secondary N) is 1. The number of hydrogen-bond acceptors (Lipinski definition) is 8. The van der Waals surface area contributed by atoms with Crippen LogP contribution in [0, 0.1) is 0 Å². The Labute approximate surface area is 180 Å². The molecule has 0 aliphatic heterocycles. The molecule has 2 aromatic carbocycles. The molecule has 6 nitrogen and oxygen atoms in total. The third-order valence-corrected chi connectivity index (χ3v) is 6.66. The van der Waals surface area contributed by atoms with Gasteiger partial charge < -0.3 is 9.73 Å². The molecule has 4 rings (SSSR count). The smallest absolute Gasteiger partial charge is 0.277 e. The average molecular weight is 443 g/mol. The van der Waals surface area contributed by atoms with Gasteiger partial charge in [0.2, 0.25) is 11.8 Å². The second-order valence-electron chi connectivity index (χ2n) is 6.11. The van der Waals surface area contributed by atoms with Crippen LogP contribution in [0.3, 0.4) is 0 Å². The molecule has 0 fully saturated rings. The minimum atomic E-state index is -0.109. The zero-order chi connectivity index (χ0) is 20.1. The molecular weight excluding hydrogens is 424 g/mol. The van der Waals surface area contributed by atoms with Crippen molar-refractivity contribution in [3.63, 3.8) is 0 Å². The van der Waals surface area contributed by atoms with Gasteiger partial charge in [-0.3, -0.25) is 4.79 Å². The summed E-state index contributed by atoms with van der Waals surface area (Å²) in [6.07, 6.45) is 3.37. The summed E-state index contributed by atoms with van der Waals surface area (Å²) in [6.45, 7) is 0. The Balaban J connectivity index is 1.27. The first kappa shape index (κ1) is 19.9. The van der Waals surface area contributed by atoms with Gasteiger partial charge in [0.15, 0.2) is 0 Å². The molecular formula is C20H18N4O2S3. The number of carbonyl (C=O) groups is 1. The van der Waals surface area contributed by atoms with E-state index in [1.807, 2.05) is 48.7 Å². The highest BCUT2D eigenvalue weighted by atomic mass is 32.2. The number of para-hydroxylation sites is 1. The number of fused-ring (bicyclic) bond motifs is 1. The zero-order valence-corrected chi connectivity index (χ0v) is 18.1. The number of rotatable bonds is 8. The number of thioether (sulfide) groups is 2. The number of thiazole rings is 1. The van der Waals surface area contributed by atoms with Gasteiger partial charge in [-0.15, -0.1) is 33.3 Å². The SMILES string of the molecule is CSc1cccc(NC(=O)CSc2nnc(CCc3nc4ccccc4s3)o2)c1. The normalized spacial score (nSPS) is 11.1. The summed E-state index contributed by atoms with van der Waals surface area (Å²) >= 11 is 4.55. The fourth-order valence-corrected chi connectivity index (χ4v) is 4.67. The van der Waals surface area contributed by atoms with Crippen molar-refractivity contribution in [2.45, 2.75) is 23.0 Å². The maximum atomic E-state index is 12.2. The molecule has 148 valence electrons. The molecule has 1 N–H and O–H groups in total. The van der Waals surface area contributed by atoms with Crippen molar-refractivity contribution in [1.29, 1.82) is 0 Å². The molecule has 9 heteroatoms. The molecule has 0 aliphatic rings. The lowest BCUT2D eigenvalue weighted by atomic mass is 10.3. The molecule has 29 heavy (non-hydrogen) atoms. The van der Waals surface area contributed by atoms with Crippen LogP contribution >= 0.6 is 34.9 Å². The van der Waals surface area contributed by atoms with Crippen LogP contribution in [0.4, 0.5) is 5.69 Å². The van der Waals surface area contributed by atoms with Crippen molar-refractivity contribution >= 4 is 56.7 Å². The highest BCUT2D eigenvalue weighted by molar-refractivity contribution is 7.99. The number of amides is 1. The molecule has 2 aromatic heterocycles. The first-order valence-corrected chi connectivity index (χ1v) is 12.0. The molecule has 2 heterocycles. The fraction of sp³-hybridized carbons (Fsp3) is 0.200. The van der Waals surface area contributed by atoms with Crippen LogP contribution in [-0.4, -0.2) is 33.1 Å². The number of aryl methyl sites for hydroxylation is 2. The van der Waals surface area contributed by atoms with E-state index in [1.165, 1.54) is 16.5 Å². The first-order chi connectivity index (χ1) is 14.2. The Kier molecular flexibility index (Phi) is 6.48.